The molecule has 0 aliphatic heterocycles. The molecule has 0 unspecified atom stereocenters. The molecule has 1 aromatic heterocycles. The lowest BCUT2D eigenvalue weighted by Gasteiger charge is -2.15. The molecule has 1 aliphatic carbocycles. The molecule has 19 heavy (non-hydrogen) atoms. The number of aryl methyl sites for hydroxylation is 1. The van der Waals surface area contributed by atoms with Crippen LogP contribution in [0.5, 0.6) is 5.75 Å². The summed E-state index contributed by atoms with van der Waals surface area (Å²) in [6.07, 6.45) is 1.64. The van der Waals surface area contributed by atoms with Crippen LogP contribution in [-0.2, 0) is 9.59 Å². The number of halogens is 3. The molecule has 4 nitrogen and oxygen atoms in total. The third-order valence-corrected chi connectivity index (χ3v) is 3.89. The quantitative estimate of drug-likeness (QED) is 0.852. The van der Waals surface area contributed by atoms with Crippen molar-refractivity contribution in [3.05, 3.63) is 32.6 Å². The fourth-order valence-electron chi connectivity index (χ4n) is 1.80. The number of aromatic nitrogens is 1. The number of methoxy groups -OCH3 is 1. The van der Waals surface area contributed by atoms with E-state index in [1.54, 1.807) is 13.1 Å². The summed E-state index contributed by atoms with van der Waals surface area (Å²) in [6, 6.07) is 0. The van der Waals surface area contributed by atoms with E-state index in [9.17, 15) is 9.59 Å². The maximum absolute atomic E-state index is 12.1. The number of hydrogen-bond acceptors (Lipinski definition) is 3. The SMILES string of the molecule is COc1c(C)c[nH]c1C1=C(Cl)C(=O)C(Cl)=C(Cl)C1=O. The van der Waals surface area contributed by atoms with Gasteiger partial charge in [0.1, 0.15) is 20.8 Å². The van der Waals surface area contributed by atoms with E-state index in [1.165, 1.54) is 7.11 Å². The predicted octanol–water partition coefficient (Wildman–Crippen LogP) is 3.12. The summed E-state index contributed by atoms with van der Waals surface area (Å²) in [6.45, 7) is 1.78. The van der Waals surface area contributed by atoms with Crippen molar-refractivity contribution in [2.75, 3.05) is 7.11 Å². The molecule has 0 bridgehead atoms. The van der Waals surface area contributed by atoms with Gasteiger partial charge in [0.15, 0.2) is 0 Å². The second kappa shape index (κ2) is 5.04. The van der Waals surface area contributed by atoms with Crippen molar-refractivity contribution < 1.29 is 14.3 Å². The predicted molar refractivity (Wildman–Crippen MR) is 73.6 cm³/mol. The fourth-order valence-corrected chi connectivity index (χ4v) is 2.48. The van der Waals surface area contributed by atoms with Crippen LogP contribution in [0.1, 0.15) is 11.3 Å². The maximum atomic E-state index is 12.1. The minimum Gasteiger partial charge on any atom is -0.494 e. The lowest BCUT2D eigenvalue weighted by atomic mass is 9.99. The summed E-state index contributed by atoms with van der Waals surface area (Å²) in [5, 5.41) is -0.998. The standard InChI is InChI=1S/C12H8Cl3NO3/c1-4-3-16-9(12(4)19-2)5-6(13)11(18)8(15)7(14)10(5)17/h3,16H,1-2H3. The summed E-state index contributed by atoms with van der Waals surface area (Å²) in [5.74, 6) is -0.870. The van der Waals surface area contributed by atoms with Crippen molar-refractivity contribution in [1.29, 1.82) is 0 Å². The first kappa shape index (κ1) is 14.2. The molecule has 1 N–H and O–H groups in total. The van der Waals surface area contributed by atoms with Crippen molar-refractivity contribution in [1.82, 2.24) is 4.98 Å². The van der Waals surface area contributed by atoms with Crippen LogP contribution in [0, 0.1) is 6.92 Å². The van der Waals surface area contributed by atoms with Crippen LogP contribution in [0.3, 0.4) is 0 Å². The summed E-state index contributed by atoms with van der Waals surface area (Å²) < 4.78 is 5.18. The molecule has 0 amide bonds. The lowest BCUT2D eigenvalue weighted by molar-refractivity contribution is -0.114. The number of aromatic amines is 1. The van der Waals surface area contributed by atoms with Crippen molar-refractivity contribution in [3.63, 3.8) is 0 Å². The van der Waals surface area contributed by atoms with Gasteiger partial charge in [-0.25, -0.2) is 0 Å². The minimum atomic E-state index is -0.683. The number of nitrogens with one attached hydrogen (secondary N) is 1. The van der Waals surface area contributed by atoms with Crippen molar-refractivity contribution in [3.8, 4) is 5.75 Å². The second-order valence-corrected chi connectivity index (χ2v) is 4.99. The normalized spacial score (nSPS) is 16.5. The number of H-pyrrole nitrogens is 1. The van der Waals surface area contributed by atoms with Crippen LogP contribution in [-0.4, -0.2) is 23.7 Å². The van der Waals surface area contributed by atoms with Gasteiger partial charge in [-0.05, 0) is 6.92 Å². The van der Waals surface area contributed by atoms with Gasteiger partial charge in [0.05, 0.1) is 18.4 Å². The minimum absolute atomic E-state index is 0.0361. The highest BCUT2D eigenvalue weighted by atomic mass is 35.5. The second-order valence-electron chi connectivity index (χ2n) is 3.86. The largest absolute Gasteiger partial charge is 0.494 e. The van der Waals surface area contributed by atoms with Gasteiger partial charge < -0.3 is 9.72 Å². The van der Waals surface area contributed by atoms with Crippen LogP contribution in [0.2, 0.25) is 0 Å². The van der Waals surface area contributed by atoms with Crippen LogP contribution in [0.25, 0.3) is 5.57 Å². The van der Waals surface area contributed by atoms with Gasteiger partial charge in [-0.1, -0.05) is 34.8 Å². The highest BCUT2D eigenvalue weighted by Crippen LogP contribution is 2.39. The average Bonchev–Trinajstić information content (AvgIpc) is 2.75. The van der Waals surface area contributed by atoms with Crippen LogP contribution >= 0.6 is 34.8 Å². The number of carbonyl (C=O) groups is 2. The van der Waals surface area contributed by atoms with Crippen molar-refractivity contribution in [2.45, 2.75) is 6.92 Å². The number of allylic oxidation sites excluding steroid dienone is 4. The Labute approximate surface area is 124 Å². The molecule has 100 valence electrons. The summed E-state index contributed by atoms with van der Waals surface area (Å²) in [5.41, 5.74) is 1.04. The maximum Gasteiger partial charge on any atom is 0.218 e. The molecule has 2 rings (SSSR count). The highest BCUT2D eigenvalue weighted by molar-refractivity contribution is 6.68. The summed E-state index contributed by atoms with van der Waals surface area (Å²) in [7, 11) is 1.45. The first-order valence-corrected chi connectivity index (χ1v) is 6.30. The lowest BCUT2D eigenvalue weighted by Crippen LogP contribution is -2.17. The van der Waals surface area contributed by atoms with Gasteiger partial charge in [0, 0.05) is 11.8 Å². The Kier molecular flexibility index (Phi) is 3.76. The first-order valence-electron chi connectivity index (χ1n) is 5.16. The number of Topliss-reactive ketones (excluding diaryl/α,β-unsaturated/α-hetero) is 2. The van der Waals surface area contributed by atoms with Gasteiger partial charge in [0.25, 0.3) is 0 Å². The van der Waals surface area contributed by atoms with Gasteiger partial charge in [-0.2, -0.15) is 0 Å². The molecule has 1 heterocycles. The summed E-state index contributed by atoms with van der Waals surface area (Å²) in [4.78, 5) is 26.8. The molecule has 0 fully saturated rings. The Bertz CT molecular complexity index is 655. The monoisotopic (exact) mass is 319 g/mol. The van der Waals surface area contributed by atoms with Crippen molar-refractivity contribution >= 4 is 51.9 Å². The van der Waals surface area contributed by atoms with E-state index in [-0.39, 0.29) is 20.7 Å². The fraction of sp³-hybridized carbons (Fsp3) is 0.167. The van der Waals surface area contributed by atoms with E-state index in [0.29, 0.717) is 11.4 Å². The molecule has 0 saturated carbocycles. The Hall–Kier alpha value is -1.23. The molecule has 1 aliphatic rings. The van der Waals surface area contributed by atoms with E-state index < -0.39 is 11.6 Å². The van der Waals surface area contributed by atoms with Crippen LogP contribution in [0.15, 0.2) is 21.3 Å². The van der Waals surface area contributed by atoms with Gasteiger partial charge in [0.2, 0.25) is 11.6 Å². The first-order chi connectivity index (χ1) is 8.90. The smallest absolute Gasteiger partial charge is 0.218 e. The number of ether oxygens (including phenoxy) is 1. The van der Waals surface area contributed by atoms with E-state index in [2.05, 4.69) is 4.98 Å². The number of ketones is 2. The number of hydrogen-bond donors (Lipinski definition) is 1. The molecule has 1 aromatic rings. The Morgan fingerprint density at radius 3 is 2.21 bits per heavy atom. The third-order valence-electron chi connectivity index (χ3n) is 2.71. The highest BCUT2D eigenvalue weighted by Gasteiger charge is 2.35. The zero-order valence-corrected chi connectivity index (χ0v) is 12.2. The third kappa shape index (κ3) is 2.10. The molecule has 0 aromatic carbocycles. The molecular formula is C12H8Cl3NO3. The van der Waals surface area contributed by atoms with E-state index in [1.807, 2.05) is 0 Å². The zero-order chi connectivity index (χ0) is 14.3. The number of rotatable bonds is 2. The van der Waals surface area contributed by atoms with Gasteiger partial charge in [-0.3, -0.25) is 9.59 Å². The van der Waals surface area contributed by atoms with Crippen LogP contribution in [0.4, 0.5) is 0 Å². The van der Waals surface area contributed by atoms with Gasteiger partial charge in [-0.15, -0.1) is 0 Å². The molecular weight excluding hydrogens is 312 g/mol. The molecule has 0 saturated heterocycles. The van der Waals surface area contributed by atoms with E-state index in [4.69, 9.17) is 39.5 Å². The van der Waals surface area contributed by atoms with E-state index >= 15 is 0 Å². The summed E-state index contributed by atoms with van der Waals surface area (Å²) >= 11 is 17.3. The molecule has 0 atom stereocenters. The topological polar surface area (TPSA) is 59.2 Å². The zero-order valence-electron chi connectivity index (χ0n) is 9.94. The van der Waals surface area contributed by atoms with Crippen molar-refractivity contribution in [2.24, 2.45) is 0 Å². The number of carbonyl (C=O) groups excluding carboxylic acids is 2. The molecule has 0 radical (unpaired) electrons. The van der Waals surface area contributed by atoms with Crippen LogP contribution < -0.4 is 4.74 Å². The van der Waals surface area contributed by atoms with Gasteiger partial charge >= 0.3 is 0 Å². The average molecular weight is 321 g/mol. The molecule has 7 heteroatoms. The molecule has 0 spiro atoms. The van der Waals surface area contributed by atoms with E-state index in [0.717, 1.165) is 5.56 Å². The Morgan fingerprint density at radius 2 is 1.63 bits per heavy atom. The Balaban J connectivity index is 2.68. The Morgan fingerprint density at radius 1 is 1.05 bits per heavy atom.